The van der Waals surface area contributed by atoms with Crippen LogP contribution in [0.15, 0.2) is 109 Å². The van der Waals surface area contributed by atoms with Gasteiger partial charge in [-0.15, -0.1) is 0 Å². The van der Waals surface area contributed by atoms with Crippen LogP contribution < -0.4 is 17.8 Å². The van der Waals surface area contributed by atoms with Gasteiger partial charge in [-0.3, -0.25) is 0 Å². The number of rotatable bonds is 6. The van der Waals surface area contributed by atoms with E-state index in [0.717, 1.165) is 20.1 Å². The molecule has 0 saturated heterocycles. The summed E-state index contributed by atoms with van der Waals surface area (Å²) in [5.74, 6) is 0.127. The van der Waals surface area contributed by atoms with Crippen LogP contribution in [0.5, 0.6) is 0 Å². The van der Waals surface area contributed by atoms with E-state index in [1.165, 1.54) is 8.92 Å². The Bertz CT molecular complexity index is 989. The number of hydrogen-bond donors (Lipinski definition) is 0. The minimum atomic E-state index is 0.104. The summed E-state index contributed by atoms with van der Waals surface area (Å²) in [5, 5.41) is 0. The second-order valence-corrected chi connectivity index (χ2v) is 10.8. The second-order valence-electron chi connectivity index (χ2n) is 6.15. The topological polar surface area (TPSA) is 17.1 Å². The van der Waals surface area contributed by atoms with Gasteiger partial charge in [0.2, 0.25) is 0 Å². The summed E-state index contributed by atoms with van der Waals surface area (Å²) < 4.78 is 4.82. The SMILES string of the molecule is O=C(c1ccccc1[Se]c1ccccc1)c1ccccc1[Se]c1ccccc1. The normalized spacial score (nSPS) is 10.6. The average Bonchev–Trinajstić information content (AvgIpc) is 2.76. The van der Waals surface area contributed by atoms with Crippen LogP contribution >= 0.6 is 0 Å². The van der Waals surface area contributed by atoms with E-state index in [9.17, 15) is 4.79 Å². The fourth-order valence-corrected chi connectivity index (χ4v) is 6.91. The summed E-state index contributed by atoms with van der Waals surface area (Å²) in [5.41, 5.74) is 1.64. The van der Waals surface area contributed by atoms with E-state index in [1.807, 2.05) is 48.5 Å². The Morgan fingerprint density at radius 3 is 1.25 bits per heavy atom. The Hall–Kier alpha value is -2.41. The Morgan fingerprint density at radius 1 is 0.464 bits per heavy atom. The fourth-order valence-electron chi connectivity index (χ4n) is 2.86. The summed E-state index contributed by atoms with van der Waals surface area (Å²) in [4.78, 5) is 13.5. The monoisotopic (exact) mass is 494 g/mol. The maximum absolute atomic E-state index is 13.5. The zero-order valence-corrected chi connectivity index (χ0v) is 18.5. The summed E-state index contributed by atoms with van der Waals surface area (Å²) >= 11 is 0.208. The molecule has 0 N–H and O–H groups in total. The molecule has 1 nitrogen and oxygen atoms in total. The molecular weight excluding hydrogens is 474 g/mol. The van der Waals surface area contributed by atoms with Crippen molar-refractivity contribution in [2.45, 2.75) is 0 Å². The molecule has 0 spiro atoms. The Labute approximate surface area is 178 Å². The van der Waals surface area contributed by atoms with Gasteiger partial charge < -0.3 is 0 Å². The molecule has 28 heavy (non-hydrogen) atoms. The van der Waals surface area contributed by atoms with Crippen molar-refractivity contribution in [1.29, 1.82) is 0 Å². The van der Waals surface area contributed by atoms with Gasteiger partial charge in [-0.1, -0.05) is 0 Å². The molecule has 0 aliphatic carbocycles. The maximum atomic E-state index is 13.5. The van der Waals surface area contributed by atoms with E-state index >= 15 is 0 Å². The first-order chi connectivity index (χ1) is 13.8. The molecule has 136 valence electrons. The third-order valence-corrected chi connectivity index (χ3v) is 8.75. The van der Waals surface area contributed by atoms with E-state index in [4.69, 9.17) is 0 Å². The van der Waals surface area contributed by atoms with Crippen LogP contribution in [0, 0.1) is 0 Å². The van der Waals surface area contributed by atoms with E-state index in [2.05, 4.69) is 60.7 Å². The van der Waals surface area contributed by atoms with Gasteiger partial charge in [-0.2, -0.15) is 0 Å². The van der Waals surface area contributed by atoms with E-state index in [1.54, 1.807) is 0 Å². The molecule has 0 aliphatic heterocycles. The number of carbonyl (C=O) groups is 1. The first kappa shape index (κ1) is 18.9. The molecule has 0 atom stereocenters. The molecule has 0 amide bonds. The Morgan fingerprint density at radius 2 is 0.821 bits per heavy atom. The molecule has 4 rings (SSSR count). The van der Waals surface area contributed by atoms with E-state index in [0.29, 0.717) is 0 Å². The van der Waals surface area contributed by atoms with Crippen molar-refractivity contribution >= 4 is 53.5 Å². The molecule has 0 fully saturated rings. The van der Waals surface area contributed by atoms with Crippen LogP contribution in [-0.4, -0.2) is 35.7 Å². The predicted molar refractivity (Wildman–Crippen MR) is 119 cm³/mol. The van der Waals surface area contributed by atoms with Gasteiger partial charge in [0, 0.05) is 0 Å². The van der Waals surface area contributed by atoms with Gasteiger partial charge >= 0.3 is 179 Å². The molecule has 0 bridgehead atoms. The standard InChI is InChI=1S/C25H18OSe2/c26-25(21-15-7-9-17-23(21)27-19-11-3-1-4-12-19)22-16-8-10-18-24(22)28-20-13-5-2-6-14-20/h1-18H. The Kier molecular flexibility index (Phi) is 6.21. The van der Waals surface area contributed by atoms with Crippen molar-refractivity contribution in [1.82, 2.24) is 0 Å². The molecule has 0 unspecified atom stereocenters. The van der Waals surface area contributed by atoms with Crippen molar-refractivity contribution in [2.24, 2.45) is 0 Å². The van der Waals surface area contributed by atoms with Crippen molar-refractivity contribution in [3.63, 3.8) is 0 Å². The number of carbonyl (C=O) groups excluding carboxylic acids is 1. The van der Waals surface area contributed by atoms with Crippen molar-refractivity contribution in [3.05, 3.63) is 120 Å². The van der Waals surface area contributed by atoms with Crippen molar-refractivity contribution < 1.29 is 4.79 Å². The van der Waals surface area contributed by atoms with E-state index in [-0.39, 0.29) is 35.7 Å². The fraction of sp³-hybridized carbons (Fsp3) is 0. The zero-order chi connectivity index (χ0) is 19.2. The number of ketones is 1. The third kappa shape index (κ3) is 4.52. The molecule has 0 aliphatic rings. The first-order valence-corrected chi connectivity index (χ1v) is 12.4. The molecule has 3 heteroatoms. The average molecular weight is 492 g/mol. The van der Waals surface area contributed by atoms with Crippen LogP contribution in [0.3, 0.4) is 0 Å². The van der Waals surface area contributed by atoms with Crippen LogP contribution in [0.25, 0.3) is 0 Å². The van der Waals surface area contributed by atoms with Gasteiger partial charge in [0.15, 0.2) is 0 Å². The van der Waals surface area contributed by atoms with Crippen LogP contribution in [-0.2, 0) is 0 Å². The molecule has 0 radical (unpaired) electrons. The predicted octanol–water partition coefficient (Wildman–Crippen LogP) is 2.23. The van der Waals surface area contributed by atoms with Gasteiger partial charge in [0.1, 0.15) is 0 Å². The van der Waals surface area contributed by atoms with Crippen LogP contribution in [0.1, 0.15) is 15.9 Å². The third-order valence-electron chi connectivity index (χ3n) is 4.21. The van der Waals surface area contributed by atoms with Gasteiger partial charge in [0.25, 0.3) is 0 Å². The molecule has 4 aromatic rings. The van der Waals surface area contributed by atoms with Crippen LogP contribution in [0.2, 0.25) is 0 Å². The summed E-state index contributed by atoms with van der Waals surface area (Å²) in [7, 11) is 0. The van der Waals surface area contributed by atoms with E-state index < -0.39 is 0 Å². The molecule has 0 heterocycles. The number of benzene rings is 4. The van der Waals surface area contributed by atoms with Crippen molar-refractivity contribution in [2.75, 3.05) is 0 Å². The van der Waals surface area contributed by atoms with Gasteiger partial charge in [0.05, 0.1) is 0 Å². The molecule has 0 aromatic heterocycles. The minimum absolute atomic E-state index is 0.104. The molecule has 0 saturated carbocycles. The van der Waals surface area contributed by atoms with Gasteiger partial charge in [-0.25, -0.2) is 0 Å². The van der Waals surface area contributed by atoms with Crippen molar-refractivity contribution in [3.8, 4) is 0 Å². The molecule has 4 aromatic carbocycles. The summed E-state index contributed by atoms with van der Waals surface area (Å²) in [6.07, 6.45) is 0. The first-order valence-electron chi connectivity index (χ1n) is 9.00. The summed E-state index contributed by atoms with van der Waals surface area (Å²) in [6, 6.07) is 36.9. The molecular formula is C25H18OSe2. The summed E-state index contributed by atoms with van der Waals surface area (Å²) in [6.45, 7) is 0. The van der Waals surface area contributed by atoms with Crippen LogP contribution in [0.4, 0.5) is 0 Å². The quantitative estimate of drug-likeness (QED) is 0.298. The second kappa shape index (κ2) is 9.19. The number of hydrogen-bond acceptors (Lipinski definition) is 1. The Balaban J connectivity index is 1.67. The van der Waals surface area contributed by atoms with Gasteiger partial charge in [-0.05, 0) is 0 Å². The zero-order valence-electron chi connectivity index (χ0n) is 15.1.